The fourth-order valence-electron chi connectivity index (χ4n) is 0.578. The van der Waals surface area contributed by atoms with E-state index in [-0.39, 0.29) is 0 Å². The molecule has 0 spiro atoms. The van der Waals surface area contributed by atoms with Gasteiger partial charge in [-0.05, 0) is 6.07 Å². The van der Waals surface area contributed by atoms with E-state index in [9.17, 15) is 0 Å². The number of aromatic nitrogens is 2. The zero-order valence-electron chi connectivity index (χ0n) is 3.93. The molecular formula is C5H2N2S. The molecule has 0 aliphatic carbocycles. The second kappa shape index (κ2) is 1.32. The molecule has 0 aliphatic heterocycles. The molecule has 0 saturated carbocycles. The lowest BCUT2D eigenvalue weighted by molar-refractivity contribution is 1.48. The summed E-state index contributed by atoms with van der Waals surface area (Å²) in [4.78, 5) is 7.86. The van der Waals surface area contributed by atoms with Crippen molar-refractivity contribution < 1.29 is 0 Å². The summed E-state index contributed by atoms with van der Waals surface area (Å²) < 4.78 is 0. The highest BCUT2D eigenvalue weighted by atomic mass is 32.1. The average Bonchev–Trinajstić information content (AvgIpc) is 2.15. The Bertz CT molecular complexity index is 232. The third-order valence-corrected chi connectivity index (χ3v) is 1.64. The highest BCUT2D eigenvalue weighted by Crippen LogP contribution is 2.12. The molecule has 8 heavy (non-hydrogen) atoms. The number of H-pyrrole nitrogens is 1. The van der Waals surface area contributed by atoms with Crippen molar-refractivity contribution in [2.45, 2.75) is 0 Å². The third kappa shape index (κ3) is 0.391. The zero-order valence-corrected chi connectivity index (χ0v) is 4.75. The first-order chi connectivity index (χ1) is 3.97. The standard InChI is InChI=1S/C5H2N2S/c1-2-6-5-4(1)7-3-8-5/h1,6H. The van der Waals surface area contributed by atoms with Gasteiger partial charge in [0, 0.05) is 0 Å². The van der Waals surface area contributed by atoms with E-state index in [1.165, 1.54) is 11.3 Å². The van der Waals surface area contributed by atoms with Gasteiger partial charge in [-0.1, -0.05) is 11.3 Å². The van der Waals surface area contributed by atoms with E-state index >= 15 is 0 Å². The summed E-state index contributed by atoms with van der Waals surface area (Å²) in [6.07, 6.45) is 2.82. The summed E-state index contributed by atoms with van der Waals surface area (Å²) >= 11 is 1.47. The Morgan fingerprint density at radius 2 is 2.75 bits per heavy atom. The number of nitrogens with zero attached hydrogens (tertiary/aromatic N) is 1. The Morgan fingerprint density at radius 1 is 1.75 bits per heavy atom. The van der Waals surface area contributed by atoms with E-state index in [1.54, 1.807) is 0 Å². The Hall–Kier alpha value is -0.830. The largest absolute Gasteiger partial charge is 0.344 e. The summed E-state index contributed by atoms with van der Waals surface area (Å²) in [6.45, 7) is 0. The number of hydrogen-bond acceptors (Lipinski definition) is 2. The van der Waals surface area contributed by atoms with Crippen molar-refractivity contribution in [3.8, 4) is 0 Å². The van der Waals surface area contributed by atoms with Crippen molar-refractivity contribution in [1.29, 1.82) is 0 Å². The monoisotopic (exact) mass is 122 g/mol. The maximum Gasteiger partial charge on any atom is 0.154 e. The topological polar surface area (TPSA) is 28.7 Å². The van der Waals surface area contributed by atoms with Crippen LogP contribution in [0, 0.1) is 11.7 Å². The molecule has 0 bridgehead atoms. The first kappa shape index (κ1) is 4.09. The highest BCUT2D eigenvalue weighted by Gasteiger charge is 1.92. The van der Waals surface area contributed by atoms with Gasteiger partial charge in [-0.2, -0.15) is 0 Å². The van der Waals surface area contributed by atoms with E-state index in [2.05, 4.69) is 21.7 Å². The molecule has 2 heterocycles. The molecule has 2 radical (unpaired) electrons. The summed E-state index contributed by atoms with van der Waals surface area (Å²) in [7, 11) is 0. The molecule has 2 aromatic heterocycles. The molecule has 0 aromatic carbocycles. The first-order valence-electron chi connectivity index (χ1n) is 2.18. The number of fused-ring (bicyclic) bond motifs is 1. The van der Waals surface area contributed by atoms with Gasteiger partial charge in [0.2, 0.25) is 0 Å². The molecule has 0 aliphatic rings. The molecule has 0 fully saturated rings. The Kier molecular flexibility index (Phi) is 0.676. The Labute approximate surface area is 50.2 Å². The molecule has 1 N–H and O–H groups in total. The highest BCUT2D eigenvalue weighted by molar-refractivity contribution is 7.15. The second-order valence-corrected chi connectivity index (χ2v) is 2.23. The van der Waals surface area contributed by atoms with Gasteiger partial charge in [-0.25, -0.2) is 4.98 Å². The van der Waals surface area contributed by atoms with Crippen LogP contribution in [-0.2, 0) is 0 Å². The average molecular weight is 122 g/mol. The fraction of sp³-hybridized carbons (Fsp3) is 0. The van der Waals surface area contributed by atoms with Gasteiger partial charge < -0.3 is 4.98 Å². The van der Waals surface area contributed by atoms with Gasteiger partial charge in [0.15, 0.2) is 5.51 Å². The minimum atomic E-state index is 0.954. The lowest BCUT2D eigenvalue weighted by atomic mass is 10.6. The second-order valence-electron chi connectivity index (χ2n) is 1.43. The molecule has 0 amide bonds. The number of nitrogens with one attached hydrogen (secondary N) is 1. The third-order valence-electron chi connectivity index (χ3n) is 0.941. The van der Waals surface area contributed by atoms with E-state index in [1.807, 2.05) is 6.07 Å². The van der Waals surface area contributed by atoms with Crippen LogP contribution in [0.25, 0.3) is 10.3 Å². The minimum absolute atomic E-state index is 0.954. The summed E-state index contributed by atoms with van der Waals surface area (Å²) in [6, 6.07) is 1.81. The predicted molar refractivity (Wildman–Crippen MR) is 31.6 cm³/mol. The smallest absolute Gasteiger partial charge is 0.154 e. The summed E-state index contributed by atoms with van der Waals surface area (Å²) in [5, 5.41) is 0. The normalized spacial score (nSPS) is 10.5. The van der Waals surface area contributed by atoms with Gasteiger partial charge in [0.1, 0.15) is 10.3 Å². The Morgan fingerprint density at radius 3 is 3.62 bits per heavy atom. The summed E-state index contributed by atoms with van der Waals surface area (Å²) in [5.41, 5.74) is 3.71. The van der Waals surface area contributed by atoms with E-state index in [0.717, 1.165) is 10.3 Å². The van der Waals surface area contributed by atoms with Crippen LogP contribution in [0.4, 0.5) is 0 Å². The van der Waals surface area contributed by atoms with Crippen molar-refractivity contribution in [3.05, 3.63) is 17.8 Å². The van der Waals surface area contributed by atoms with E-state index in [0.29, 0.717) is 0 Å². The lowest BCUT2D eigenvalue weighted by Crippen LogP contribution is -1.51. The van der Waals surface area contributed by atoms with Gasteiger partial charge in [0.25, 0.3) is 0 Å². The lowest BCUT2D eigenvalue weighted by Gasteiger charge is -1.64. The molecule has 2 rings (SSSR count). The van der Waals surface area contributed by atoms with Gasteiger partial charge in [-0.3, -0.25) is 0 Å². The van der Waals surface area contributed by atoms with E-state index in [4.69, 9.17) is 0 Å². The molecule has 38 valence electrons. The molecule has 2 nitrogen and oxygen atoms in total. The van der Waals surface area contributed by atoms with Crippen molar-refractivity contribution in [2.75, 3.05) is 0 Å². The van der Waals surface area contributed by atoms with E-state index < -0.39 is 0 Å². The van der Waals surface area contributed by atoms with Crippen LogP contribution in [0.5, 0.6) is 0 Å². The van der Waals surface area contributed by atoms with Crippen LogP contribution < -0.4 is 0 Å². The van der Waals surface area contributed by atoms with Crippen molar-refractivity contribution >= 4 is 21.7 Å². The minimum Gasteiger partial charge on any atom is -0.344 e. The first-order valence-corrected chi connectivity index (χ1v) is 3.00. The van der Waals surface area contributed by atoms with Gasteiger partial charge in [0.05, 0.1) is 6.20 Å². The zero-order chi connectivity index (χ0) is 5.40. The predicted octanol–water partition coefficient (Wildman–Crippen LogP) is 1.22. The van der Waals surface area contributed by atoms with Crippen LogP contribution >= 0.6 is 11.3 Å². The number of aromatic amines is 1. The van der Waals surface area contributed by atoms with Crippen molar-refractivity contribution in [1.82, 2.24) is 9.97 Å². The van der Waals surface area contributed by atoms with Crippen LogP contribution in [0.2, 0.25) is 0 Å². The van der Waals surface area contributed by atoms with Gasteiger partial charge in [-0.15, -0.1) is 0 Å². The molecule has 0 atom stereocenters. The van der Waals surface area contributed by atoms with Crippen LogP contribution in [-0.4, -0.2) is 9.97 Å². The van der Waals surface area contributed by atoms with Gasteiger partial charge >= 0.3 is 0 Å². The maximum atomic E-state index is 3.91. The Balaban J connectivity index is 3.06. The molecule has 2 aromatic rings. The molecular weight excluding hydrogens is 120 g/mol. The quantitative estimate of drug-likeness (QED) is 0.559. The number of rotatable bonds is 0. The van der Waals surface area contributed by atoms with Crippen LogP contribution in [0.15, 0.2) is 6.07 Å². The fourth-order valence-corrected chi connectivity index (χ4v) is 1.13. The SMILES string of the molecule is [c]1cc2n[c]sc2[nH]1. The number of thiazole rings is 1. The molecule has 3 heteroatoms. The summed E-state index contributed by atoms with van der Waals surface area (Å²) in [5.74, 6) is 0. The van der Waals surface area contributed by atoms with Crippen LogP contribution in [0.3, 0.4) is 0 Å². The van der Waals surface area contributed by atoms with Crippen molar-refractivity contribution in [2.24, 2.45) is 0 Å². The van der Waals surface area contributed by atoms with Crippen molar-refractivity contribution in [3.63, 3.8) is 0 Å². The maximum absolute atomic E-state index is 3.91. The molecule has 0 saturated heterocycles. The van der Waals surface area contributed by atoms with Crippen LogP contribution in [0.1, 0.15) is 0 Å². The molecule has 0 unspecified atom stereocenters. The number of hydrogen-bond donors (Lipinski definition) is 1.